The maximum Gasteiger partial charge on any atom is 0.151 e. The maximum atomic E-state index is 5.92. The molecule has 0 aliphatic carbocycles. The van der Waals surface area contributed by atoms with Gasteiger partial charge in [-0.2, -0.15) is 0 Å². The molecule has 6 heteroatoms. The smallest absolute Gasteiger partial charge is 0.151 e. The highest BCUT2D eigenvalue weighted by molar-refractivity contribution is 9.15. The number of rotatable bonds is 0. The van der Waals surface area contributed by atoms with Gasteiger partial charge in [-0.1, -0.05) is 15.9 Å². The molecule has 0 amide bonds. The summed E-state index contributed by atoms with van der Waals surface area (Å²) in [6.07, 6.45) is 0. The van der Waals surface area contributed by atoms with E-state index in [4.69, 9.17) is 4.42 Å². The summed E-state index contributed by atoms with van der Waals surface area (Å²) in [5.74, 6) is 0. The number of fused-ring (bicyclic) bond motifs is 3. The Labute approximate surface area is 145 Å². The van der Waals surface area contributed by atoms with E-state index in [-0.39, 0.29) is 0 Å². The van der Waals surface area contributed by atoms with Crippen molar-refractivity contribution in [2.75, 3.05) is 0 Å². The first-order valence-electron chi connectivity index (χ1n) is 4.84. The fraction of sp³-hybridized carbons (Fsp3) is 0. The Kier molecular flexibility index (Phi) is 3.69. The molecular weight excluding hydrogens is 560 g/mol. The van der Waals surface area contributed by atoms with E-state index in [2.05, 4.69) is 79.6 Å². The second kappa shape index (κ2) is 4.88. The average Bonchev–Trinajstić information content (AvgIpc) is 2.72. The van der Waals surface area contributed by atoms with Crippen molar-refractivity contribution in [2.24, 2.45) is 0 Å². The molecule has 0 unspecified atom stereocenters. The minimum atomic E-state index is 0.824. The van der Waals surface area contributed by atoms with E-state index in [1.54, 1.807) is 0 Å². The number of hydrogen-bond donors (Lipinski definition) is 0. The molecule has 92 valence electrons. The van der Waals surface area contributed by atoms with E-state index in [0.29, 0.717) is 0 Å². The zero-order chi connectivity index (χ0) is 13.0. The molecular formula is C12H3Br5O. The lowest BCUT2D eigenvalue weighted by Crippen LogP contribution is -1.79. The quantitative estimate of drug-likeness (QED) is 0.206. The topological polar surface area (TPSA) is 13.1 Å². The third-order valence-corrected chi connectivity index (χ3v) is 7.87. The number of hydrogen-bond acceptors (Lipinski definition) is 1. The van der Waals surface area contributed by atoms with Gasteiger partial charge in [0, 0.05) is 24.2 Å². The molecule has 2 aromatic carbocycles. The first kappa shape index (κ1) is 13.6. The van der Waals surface area contributed by atoms with E-state index >= 15 is 0 Å². The Morgan fingerprint density at radius 3 is 2.17 bits per heavy atom. The van der Waals surface area contributed by atoms with E-state index < -0.39 is 0 Å². The molecule has 1 aromatic heterocycles. The normalized spacial score (nSPS) is 11.6. The standard InChI is InChI=1S/C12H3Br5O/c13-4-1-2-5-6(3-4)18-12-7(5)8(14)9(15)10(16)11(12)17/h1-3H. The van der Waals surface area contributed by atoms with Crippen LogP contribution < -0.4 is 0 Å². The zero-order valence-electron chi connectivity index (χ0n) is 8.53. The number of furan rings is 1. The van der Waals surface area contributed by atoms with Gasteiger partial charge < -0.3 is 4.42 Å². The summed E-state index contributed by atoms with van der Waals surface area (Å²) in [6, 6.07) is 6.02. The van der Waals surface area contributed by atoms with Gasteiger partial charge in [0.05, 0.1) is 8.95 Å². The summed E-state index contributed by atoms with van der Waals surface area (Å²) in [5, 5.41) is 2.13. The molecule has 0 bridgehead atoms. The van der Waals surface area contributed by atoms with Crippen molar-refractivity contribution in [2.45, 2.75) is 0 Å². The predicted octanol–water partition coefficient (Wildman–Crippen LogP) is 7.40. The van der Waals surface area contributed by atoms with Crippen LogP contribution in [0.15, 0.2) is 45.0 Å². The minimum absolute atomic E-state index is 0.824. The van der Waals surface area contributed by atoms with Gasteiger partial charge in [-0.25, -0.2) is 0 Å². The summed E-state index contributed by atoms with van der Waals surface area (Å²) in [7, 11) is 0. The van der Waals surface area contributed by atoms with Crippen molar-refractivity contribution in [1.29, 1.82) is 0 Å². The highest BCUT2D eigenvalue weighted by Crippen LogP contribution is 2.47. The largest absolute Gasteiger partial charge is 0.455 e. The number of halogens is 5. The first-order chi connectivity index (χ1) is 8.50. The summed E-state index contributed by atoms with van der Waals surface area (Å²) in [6.45, 7) is 0. The highest BCUT2D eigenvalue weighted by atomic mass is 79.9. The van der Waals surface area contributed by atoms with Gasteiger partial charge in [-0.05, 0) is 81.9 Å². The van der Waals surface area contributed by atoms with Crippen molar-refractivity contribution in [3.05, 3.63) is 40.6 Å². The van der Waals surface area contributed by atoms with E-state index in [0.717, 1.165) is 44.3 Å². The Balaban J connectivity index is 2.62. The van der Waals surface area contributed by atoms with Crippen LogP contribution >= 0.6 is 79.6 Å². The van der Waals surface area contributed by atoms with Crippen LogP contribution in [0.2, 0.25) is 0 Å². The molecule has 0 saturated heterocycles. The molecule has 18 heavy (non-hydrogen) atoms. The lowest BCUT2D eigenvalue weighted by Gasteiger charge is -2.04. The van der Waals surface area contributed by atoms with Gasteiger partial charge in [0.25, 0.3) is 0 Å². The molecule has 1 heterocycles. The van der Waals surface area contributed by atoms with Gasteiger partial charge in [0.2, 0.25) is 0 Å². The van der Waals surface area contributed by atoms with Crippen LogP contribution in [0.5, 0.6) is 0 Å². The molecule has 0 radical (unpaired) electrons. The number of benzene rings is 2. The van der Waals surface area contributed by atoms with E-state index in [1.165, 1.54) is 0 Å². The van der Waals surface area contributed by atoms with Crippen molar-refractivity contribution in [3.8, 4) is 0 Å². The molecule has 1 nitrogen and oxygen atoms in total. The third-order valence-electron chi connectivity index (χ3n) is 2.65. The van der Waals surface area contributed by atoms with Crippen LogP contribution in [0.25, 0.3) is 21.9 Å². The Hall–Kier alpha value is 0.640. The predicted molar refractivity (Wildman–Crippen MR) is 92.2 cm³/mol. The van der Waals surface area contributed by atoms with Gasteiger partial charge in [0.15, 0.2) is 5.58 Å². The average molecular weight is 563 g/mol. The summed E-state index contributed by atoms with van der Waals surface area (Å²) < 4.78 is 10.7. The fourth-order valence-corrected chi connectivity index (χ4v) is 4.56. The first-order valence-corrected chi connectivity index (χ1v) is 8.81. The Morgan fingerprint density at radius 1 is 0.778 bits per heavy atom. The molecule has 3 rings (SSSR count). The van der Waals surface area contributed by atoms with E-state index in [9.17, 15) is 0 Å². The van der Waals surface area contributed by atoms with Gasteiger partial charge in [0.1, 0.15) is 5.58 Å². The lowest BCUT2D eigenvalue weighted by molar-refractivity contribution is 0.666. The van der Waals surface area contributed by atoms with Gasteiger partial charge in [-0.3, -0.25) is 0 Å². The second-order valence-electron chi connectivity index (χ2n) is 3.70. The molecule has 0 saturated carbocycles. The second-order valence-corrected chi connectivity index (χ2v) is 7.79. The molecule has 0 atom stereocenters. The van der Waals surface area contributed by atoms with Crippen molar-refractivity contribution >= 4 is 102 Å². The minimum Gasteiger partial charge on any atom is -0.455 e. The van der Waals surface area contributed by atoms with Crippen LogP contribution in [-0.2, 0) is 0 Å². The molecule has 3 aromatic rings. The van der Waals surface area contributed by atoms with Crippen LogP contribution in [0.3, 0.4) is 0 Å². The van der Waals surface area contributed by atoms with Crippen molar-refractivity contribution < 1.29 is 4.42 Å². The zero-order valence-corrected chi connectivity index (χ0v) is 16.5. The summed E-state index contributed by atoms with van der Waals surface area (Å²) in [5.41, 5.74) is 1.68. The van der Waals surface area contributed by atoms with Crippen LogP contribution in [0.4, 0.5) is 0 Å². The molecule has 0 aliphatic rings. The Morgan fingerprint density at radius 2 is 1.44 bits per heavy atom. The SMILES string of the molecule is Brc1ccc2c(c1)oc1c(Br)c(Br)c(Br)c(Br)c12. The van der Waals surface area contributed by atoms with Gasteiger partial charge >= 0.3 is 0 Å². The molecule has 0 fully saturated rings. The lowest BCUT2D eigenvalue weighted by atomic mass is 10.1. The molecule has 0 spiro atoms. The molecule has 0 aliphatic heterocycles. The summed E-state index contributed by atoms with van der Waals surface area (Å²) in [4.78, 5) is 0. The third kappa shape index (κ3) is 1.95. The summed E-state index contributed by atoms with van der Waals surface area (Å²) >= 11 is 17.7. The van der Waals surface area contributed by atoms with Gasteiger partial charge in [-0.15, -0.1) is 0 Å². The maximum absolute atomic E-state index is 5.92. The fourth-order valence-electron chi connectivity index (χ4n) is 1.85. The Bertz CT molecular complexity index is 790. The van der Waals surface area contributed by atoms with Crippen LogP contribution in [-0.4, -0.2) is 0 Å². The monoisotopic (exact) mass is 558 g/mol. The van der Waals surface area contributed by atoms with Crippen molar-refractivity contribution in [1.82, 2.24) is 0 Å². The molecule has 0 N–H and O–H groups in total. The highest BCUT2D eigenvalue weighted by Gasteiger charge is 2.19. The van der Waals surface area contributed by atoms with Crippen molar-refractivity contribution in [3.63, 3.8) is 0 Å². The van der Waals surface area contributed by atoms with E-state index in [1.807, 2.05) is 18.2 Å². The van der Waals surface area contributed by atoms with Crippen LogP contribution in [0.1, 0.15) is 0 Å². The van der Waals surface area contributed by atoms with Crippen LogP contribution in [0, 0.1) is 0 Å².